The van der Waals surface area contributed by atoms with E-state index < -0.39 is 0 Å². The standard InChI is InChI=1S/C19H29N5O3/c1-13(2)12-27-16-7-5-15(6-8-16)14(3)23-18(20-4)21-9-10-24-17(25)11-22-19(24)26/h5-8,13-14H,9-12H2,1-4H3,(H,22,26)(H2,20,21,23). The summed E-state index contributed by atoms with van der Waals surface area (Å²) < 4.78 is 5.70. The molecule has 1 saturated heterocycles. The van der Waals surface area contributed by atoms with Crippen LogP contribution in [0.3, 0.4) is 0 Å². The minimum atomic E-state index is -0.349. The molecule has 3 amide bonds. The lowest BCUT2D eigenvalue weighted by atomic mass is 10.1. The molecule has 8 heteroatoms. The van der Waals surface area contributed by atoms with Crippen molar-refractivity contribution < 1.29 is 14.3 Å². The average molecular weight is 375 g/mol. The Kier molecular flexibility index (Phi) is 7.45. The third-order valence-electron chi connectivity index (χ3n) is 4.11. The highest BCUT2D eigenvalue weighted by Gasteiger charge is 2.27. The normalized spacial score (nSPS) is 15.7. The molecule has 1 aromatic rings. The maximum Gasteiger partial charge on any atom is 0.324 e. The number of nitrogens with one attached hydrogen (secondary N) is 3. The van der Waals surface area contributed by atoms with Gasteiger partial charge in [0.2, 0.25) is 5.91 Å². The van der Waals surface area contributed by atoms with Crippen molar-refractivity contribution in [1.29, 1.82) is 0 Å². The number of hydrogen-bond donors (Lipinski definition) is 3. The highest BCUT2D eigenvalue weighted by molar-refractivity contribution is 6.01. The van der Waals surface area contributed by atoms with Crippen molar-refractivity contribution in [3.63, 3.8) is 0 Å². The van der Waals surface area contributed by atoms with E-state index >= 15 is 0 Å². The first-order chi connectivity index (χ1) is 12.9. The first kappa shape index (κ1) is 20.5. The number of urea groups is 1. The Morgan fingerprint density at radius 3 is 2.52 bits per heavy atom. The summed E-state index contributed by atoms with van der Waals surface area (Å²) in [5.41, 5.74) is 1.10. The summed E-state index contributed by atoms with van der Waals surface area (Å²) >= 11 is 0. The highest BCUT2D eigenvalue weighted by Crippen LogP contribution is 2.18. The van der Waals surface area contributed by atoms with E-state index in [2.05, 4.69) is 34.8 Å². The molecule has 1 aromatic carbocycles. The van der Waals surface area contributed by atoms with Crippen molar-refractivity contribution in [3.8, 4) is 5.75 Å². The van der Waals surface area contributed by atoms with E-state index in [1.54, 1.807) is 7.05 Å². The zero-order chi connectivity index (χ0) is 19.8. The largest absolute Gasteiger partial charge is 0.493 e. The fourth-order valence-electron chi connectivity index (χ4n) is 2.57. The fourth-order valence-corrected chi connectivity index (χ4v) is 2.57. The number of aliphatic imine (C=N–C) groups is 1. The van der Waals surface area contributed by atoms with Gasteiger partial charge < -0.3 is 20.7 Å². The van der Waals surface area contributed by atoms with Gasteiger partial charge in [-0.3, -0.25) is 14.7 Å². The van der Waals surface area contributed by atoms with E-state index in [0.717, 1.165) is 11.3 Å². The number of benzene rings is 1. The third kappa shape index (κ3) is 6.16. The quantitative estimate of drug-likeness (QED) is 0.364. The van der Waals surface area contributed by atoms with Gasteiger partial charge in [-0.05, 0) is 30.5 Å². The van der Waals surface area contributed by atoms with Crippen LogP contribution in [0, 0.1) is 5.92 Å². The van der Waals surface area contributed by atoms with Gasteiger partial charge in [0.15, 0.2) is 5.96 Å². The molecule has 148 valence electrons. The lowest BCUT2D eigenvalue weighted by Crippen LogP contribution is -2.43. The van der Waals surface area contributed by atoms with E-state index in [-0.39, 0.29) is 24.5 Å². The Labute approximate surface area is 160 Å². The Bertz CT molecular complexity index is 656. The maximum atomic E-state index is 11.6. The van der Waals surface area contributed by atoms with Gasteiger partial charge in [-0.15, -0.1) is 0 Å². The van der Waals surface area contributed by atoms with Crippen molar-refractivity contribution in [2.75, 3.05) is 33.3 Å². The number of rotatable bonds is 8. The average Bonchev–Trinajstić information content (AvgIpc) is 2.97. The molecule has 2 rings (SSSR count). The smallest absolute Gasteiger partial charge is 0.324 e. The zero-order valence-electron chi connectivity index (χ0n) is 16.4. The number of hydrogen-bond acceptors (Lipinski definition) is 4. The first-order valence-corrected chi connectivity index (χ1v) is 9.18. The molecule has 8 nitrogen and oxygen atoms in total. The lowest BCUT2D eigenvalue weighted by molar-refractivity contribution is -0.124. The molecule has 1 heterocycles. The summed E-state index contributed by atoms with van der Waals surface area (Å²) in [4.78, 5) is 28.5. The summed E-state index contributed by atoms with van der Waals surface area (Å²) in [5.74, 6) is 1.74. The Morgan fingerprint density at radius 1 is 1.26 bits per heavy atom. The number of ether oxygens (including phenoxy) is 1. The van der Waals surface area contributed by atoms with Gasteiger partial charge in [0.25, 0.3) is 0 Å². The van der Waals surface area contributed by atoms with Crippen LogP contribution in [0.2, 0.25) is 0 Å². The number of nitrogens with zero attached hydrogens (tertiary/aromatic N) is 2. The fraction of sp³-hybridized carbons (Fsp3) is 0.526. The number of amides is 3. The molecule has 3 N–H and O–H groups in total. The lowest BCUT2D eigenvalue weighted by Gasteiger charge is -2.20. The molecule has 0 radical (unpaired) electrons. The van der Waals surface area contributed by atoms with Crippen LogP contribution >= 0.6 is 0 Å². The van der Waals surface area contributed by atoms with Crippen molar-refractivity contribution >= 4 is 17.9 Å². The molecule has 0 aliphatic carbocycles. The topological polar surface area (TPSA) is 95.1 Å². The van der Waals surface area contributed by atoms with Crippen molar-refractivity contribution in [1.82, 2.24) is 20.9 Å². The third-order valence-corrected chi connectivity index (χ3v) is 4.11. The van der Waals surface area contributed by atoms with Gasteiger partial charge in [0, 0.05) is 20.1 Å². The molecule has 1 aliphatic rings. The summed E-state index contributed by atoms with van der Waals surface area (Å²) in [6.07, 6.45) is 0. The van der Waals surface area contributed by atoms with Gasteiger partial charge >= 0.3 is 6.03 Å². The van der Waals surface area contributed by atoms with Crippen LogP contribution in [0.4, 0.5) is 4.79 Å². The predicted molar refractivity (Wildman–Crippen MR) is 105 cm³/mol. The second kappa shape index (κ2) is 9.80. The first-order valence-electron chi connectivity index (χ1n) is 9.18. The van der Waals surface area contributed by atoms with Crippen LogP contribution in [0.25, 0.3) is 0 Å². The molecule has 1 unspecified atom stereocenters. The molecular formula is C19H29N5O3. The number of guanidine groups is 1. The molecule has 0 aromatic heterocycles. The molecule has 0 bridgehead atoms. The van der Waals surface area contributed by atoms with E-state index in [4.69, 9.17) is 4.74 Å². The van der Waals surface area contributed by atoms with E-state index in [9.17, 15) is 9.59 Å². The van der Waals surface area contributed by atoms with Crippen LogP contribution in [0.15, 0.2) is 29.3 Å². The molecule has 0 spiro atoms. The van der Waals surface area contributed by atoms with Crippen molar-refractivity contribution in [2.45, 2.75) is 26.8 Å². The molecule has 1 atom stereocenters. The van der Waals surface area contributed by atoms with Gasteiger partial charge in [0.05, 0.1) is 19.2 Å². The molecular weight excluding hydrogens is 346 g/mol. The molecule has 0 saturated carbocycles. The highest BCUT2D eigenvalue weighted by atomic mass is 16.5. The number of imide groups is 1. The minimum absolute atomic E-state index is 0.0343. The van der Waals surface area contributed by atoms with E-state index in [1.165, 1.54) is 4.90 Å². The van der Waals surface area contributed by atoms with Crippen molar-refractivity contribution in [2.24, 2.45) is 10.9 Å². The maximum absolute atomic E-state index is 11.6. The zero-order valence-corrected chi connectivity index (χ0v) is 16.4. The number of carbonyl (C=O) groups excluding carboxylic acids is 2. The summed E-state index contributed by atoms with van der Waals surface area (Å²) in [6.45, 7) is 7.75. The summed E-state index contributed by atoms with van der Waals surface area (Å²) in [7, 11) is 1.68. The Balaban J connectivity index is 1.81. The second-order valence-electron chi connectivity index (χ2n) is 6.84. The minimum Gasteiger partial charge on any atom is -0.493 e. The summed E-state index contributed by atoms with van der Waals surface area (Å²) in [6, 6.07) is 7.65. The monoisotopic (exact) mass is 375 g/mol. The summed E-state index contributed by atoms with van der Waals surface area (Å²) in [5, 5.41) is 8.92. The van der Waals surface area contributed by atoms with E-state index in [0.29, 0.717) is 31.6 Å². The molecule has 1 fully saturated rings. The molecule has 27 heavy (non-hydrogen) atoms. The second-order valence-corrected chi connectivity index (χ2v) is 6.84. The van der Waals surface area contributed by atoms with Gasteiger partial charge in [-0.25, -0.2) is 4.79 Å². The SMILES string of the molecule is CN=C(NCCN1C(=O)CNC1=O)NC(C)c1ccc(OCC(C)C)cc1. The number of carbonyl (C=O) groups is 2. The van der Waals surface area contributed by atoms with Crippen LogP contribution in [0.1, 0.15) is 32.4 Å². The van der Waals surface area contributed by atoms with Crippen LogP contribution in [0.5, 0.6) is 5.75 Å². The molecule has 1 aliphatic heterocycles. The van der Waals surface area contributed by atoms with Crippen LogP contribution in [-0.4, -0.2) is 56.1 Å². The van der Waals surface area contributed by atoms with Gasteiger partial charge in [0.1, 0.15) is 5.75 Å². The van der Waals surface area contributed by atoms with E-state index in [1.807, 2.05) is 31.2 Å². The Hall–Kier alpha value is -2.77. The Morgan fingerprint density at radius 2 is 1.96 bits per heavy atom. The van der Waals surface area contributed by atoms with Crippen LogP contribution < -0.4 is 20.7 Å². The van der Waals surface area contributed by atoms with Crippen molar-refractivity contribution in [3.05, 3.63) is 29.8 Å². The van der Waals surface area contributed by atoms with Gasteiger partial charge in [-0.1, -0.05) is 26.0 Å². The predicted octanol–water partition coefficient (Wildman–Crippen LogP) is 1.50. The van der Waals surface area contributed by atoms with Crippen LogP contribution in [-0.2, 0) is 4.79 Å². The van der Waals surface area contributed by atoms with Gasteiger partial charge in [-0.2, -0.15) is 0 Å².